The molecule has 7 nitrogen and oxygen atoms in total. The van der Waals surface area contributed by atoms with Gasteiger partial charge in [0.2, 0.25) is 5.91 Å². The van der Waals surface area contributed by atoms with E-state index in [2.05, 4.69) is 13.5 Å². The second-order valence-electron chi connectivity index (χ2n) is 10.8. The van der Waals surface area contributed by atoms with Gasteiger partial charge in [0.15, 0.2) is 0 Å². The molecule has 3 heterocycles. The average molecular weight is 537 g/mol. The molecule has 3 unspecified atom stereocenters. The van der Waals surface area contributed by atoms with Crippen LogP contribution in [0, 0.1) is 17.8 Å². The molecule has 5 rings (SSSR count). The Balaban J connectivity index is 1.54. The number of rotatable bonds is 11. The molecule has 6 atom stereocenters. The fourth-order valence-electron chi connectivity index (χ4n) is 7.01. The number of benzene rings is 2. The molecule has 3 saturated heterocycles. The summed E-state index contributed by atoms with van der Waals surface area (Å²) in [5.74, 6) is -2.74. The lowest BCUT2D eigenvalue weighted by Gasteiger charge is -2.40. The van der Waals surface area contributed by atoms with E-state index in [9.17, 15) is 19.5 Å². The van der Waals surface area contributed by atoms with Crippen molar-refractivity contribution in [3.8, 4) is 0 Å². The van der Waals surface area contributed by atoms with E-state index in [0.717, 1.165) is 29.3 Å². The number of thioether (sulfide) groups is 1. The summed E-state index contributed by atoms with van der Waals surface area (Å²) in [5.41, 5.74) is 0.740. The van der Waals surface area contributed by atoms with Crippen molar-refractivity contribution in [2.24, 2.45) is 17.8 Å². The number of aliphatic carboxylic acids is 1. The lowest BCUT2D eigenvalue weighted by Crippen LogP contribution is -2.57. The minimum atomic E-state index is -0.942. The number of hydrogen-bond donors (Lipinski definition) is 2. The molecule has 0 saturated carbocycles. The zero-order valence-corrected chi connectivity index (χ0v) is 22.6. The third kappa shape index (κ3) is 4.22. The average Bonchev–Trinajstić information content (AvgIpc) is 3.50. The van der Waals surface area contributed by atoms with Crippen molar-refractivity contribution in [3.63, 3.8) is 0 Å². The Morgan fingerprint density at radius 2 is 1.89 bits per heavy atom. The van der Waals surface area contributed by atoms with Gasteiger partial charge in [-0.15, -0.1) is 18.3 Å². The Hall–Kier alpha value is -2.84. The maximum atomic E-state index is 14.6. The minimum absolute atomic E-state index is 0.0394. The van der Waals surface area contributed by atoms with Gasteiger partial charge in [0.1, 0.15) is 6.04 Å². The molecule has 0 aromatic heterocycles. The van der Waals surface area contributed by atoms with Crippen LogP contribution in [-0.2, 0) is 14.4 Å². The Labute approximate surface area is 227 Å². The van der Waals surface area contributed by atoms with Gasteiger partial charge in [-0.2, -0.15) is 0 Å². The summed E-state index contributed by atoms with van der Waals surface area (Å²) in [6.45, 7) is 6.79. The number of aliphatic hydroxyl groups excluding tert-OH is 1. The van der Waals surface area contributed by atoms with Crippen LogP contribution >= 0.6 is 11.8 Å². The SMILES string of the molecule is C=CCN(C(=O)C1N(CCCCCCO)C(=O)[C@@H]2[C@@H](C(=O)O)[C@H]3CC(C)C12S3)c1ccc2ccccc2c1. The first-order valence-electron chi connectivity index (χ1n) is 13.6. The monoisotopic (exact) mass is 536 g/mol. The van der Waals surface area contributed by atoms with Gasteiger partial charge in [-0.05, 0) is 48.1 Å². The van der Waals surface area contributed by atoms with Gasteiger partial charge in [-0.3, -0.25) is 14.4 Å². The Kier molecular flexibility index (Phi) is 7.56. The molecule has 0 radical (unpaired) electrons. The molecule has 2 bridgehead atoms. The third-order valence-corrected chi connectivity index (χ3v) is 10.8. The van der Waals surface area contributed by atoms with Crippen molar-refractivity contribution in [1.82, 2.24) is 4.90 Å². The molecule has 8 heteroatoms. The van der Waals surface area contributed by atoms with Crippen LogP contribution in [0.2, 0.25) is 0 Å². The highest BCUT2D eigenvalue weighted by molar-refractivity contribution is 8.02. The number of carboxylic acids is 1. The number of carbonyl (C=O) groups is 3. The summed E-state index contributed by atoms with van der Waals surface area (Å²) in [6, 6.07) is 13.2. The molecular weight excluding hydrogens is 500 g/mol. The van der Waals surface area contributed by atoms with Crippen LogP contribution in [0.4, 0.5) is 5.69 Å². The first-order valence-corrected chi connectivity index (χ1v) is 14.5. The summed E-state index contributed by atoms with van der Waals surface area (Å²) >= 11 is 1.57. The zero-order chi connectivity index (χ0) is 27.0. The highest BCUT2D eigenvalue weighted by atomic mass is 32.2. The topological polar surface area (TPSA) is 98.2 Å². The number of nitrogens with zero attached hydrogens (tertiary/aromatic N) is 2. The lowest BCUT2D eigenvalue weighted by molar-refractivity contribution is -0.149. The normalized spacial score (nSPS) is 29.6. The Bertz CT molecular complexity index is 1250. The van der Waals surface area contributed by atoms with Gasteiger partial charge < -0.3 is 20.0 Å². The summed E-state index contributed by atoms with van der Waals surface area (Å²) in [6.07, 6.45) is 5.47. The van der Waals surface area contributed by atoms with Gasteiger partial charge in [-0.25, -0.2) is 0 Å². The van der Waals surface area contributed by atoms with Crippen LogP contribution in [0.25, 0.3) is 10.8 Å². The number of aliphatic hydroxyl groups is 1. The van der Waals surface area contributed by atoms with Gasteiger partial charge in [0.05, 0.1) is 16.6 Å². The molecule has 2 N–H and O–H groups in total. The van der Waals surface area contributed by atoms with E-state index in [1.54, 1.807) is 27.6 Å². The van der Waals surface area contributed by atoms with Gasteiger partial charge in [0.25, 0.3) is 5.91 Å². The highest BCUT2D eigenvalue weighted by Gasteiger charge is 2.76. The minimum Gasteiger partial charge on any atom is -0.481 e. The van der Waals surface area contributed by atoms with Gasteiger partial charge >= 0.3 is 5.97 Å². The molecule has 2 aromatic rings. The molecule has 38 heavy (non-hydrogen) atoms. The quantitative estimate of drug-likeness (QED) is 0.328. The molecule has 1 spiro atoms. The third-order valence-electron chi connectivity index (χ3n) is 8.69. The van der Waals surface area contributed by atoms with Crippen LogP contribution in [0.3, 0.4) is 0 Å². The molecule has 3 fully saturated rings. The predicted molar refractivity (Wildman–Crippen MR) is 150 cm³/mol. The van der Waals surface area contributed by atoms with Crippen LogP contribution in [0.5, 0.6) is 0 Å². The summed E-state index contributed by atoms with van der Waals surface area (Å²) in [7, 11) is 0. The Morgan fingerprint density at radius 3 is 2.61 bits per heavy atom. The number of carboxylic acid groups (broad SMARTS) is 1. The molecule has 202 valence electrons. The van der Waals surface area contributed by atoms with E-state index in [0.29, 0.717) is 25.8 Å². The van der Waals surface area contributed by atoms with Crippen LogP contribution in [0.15, 0.2) is 55.1 Å². The first-order chi connectivity index (χ1) is 18.3. The van der Waals surface area contributed by atoms with Crippen molar-refractivity contribution in [2.75, 3.05) is 24.6 Å². The lowest BCUT2D eigenvalue weighted by atomic mass is 9.66. The molecule has 0 aliphatic carbocycles. The summed E-state index contributed by atoms with van der Waals surface area (Å²) in [4.78, 5) is 44.4. The van der Waals surface area contributed by atoms with Crippen LogP contribution in [0.1, 0.15) is 39.0 Å². The van der Waals surface area contributed by atoms with E-state index in [-0.39, 0.29) is 36.1 Å². The standard InChI is InChI=1S/C30H36N2O5S/c1-3-14-31(22-13-12-20-10-6-7-11-21(20)18-22)28(35)26-30-19(2)17-23(38-30)24(29(36)37)25(30)27(34)32(26)15-8-4-5-9-16-33/h3,6-7,10-13,18-19,23-26,33H,1,4-5,8-9,14-17H2,2H3,(H,36,37)/t19?,23-,24+,25+,26?,30?/m1/s1. The highest BCUT2D eigenvalue weighted by Crippen LogP contribution is 2.68. The van der Waals surface area contributed by atoms with E-state index in [1.165, 1.54) is 0 Å². The second-order valence-corrected chi connectivity index (χ2v) is 12.4. The van der Waals surface area contributed by atoms with Crippen molar-refractivity contribution < 1.29 is 24.6 Å². The summed E-state index contributed by atoms with van der Waals surface area (Å²) < 4.78 is -0.761. The number of anilines is 1. The van der Waals surface area contributed by atoms with Crippen LogP contribution < -0.4 is 4.90 Å². The molecule has 3 aliphatic heterocycles. The molecule has 2 aromatic carbocycles. The molecule has 2 amide bonds. The van der Waals surface area contributed by atoms with E-state index in [1.807, 2.05) is 42.5 Å². The van der Waals surface area contributed by atoms with Crippen molar-refractivity contribution in [3.05, 3.63) is 55.1 Å². The second kappa shape index (κ2) is 10.7. The Morgan fingerprint density at radius 1 is 1.16 bits per heavy atom. The van der Waals surface area contributed by atoms with Crippen molar-refractivity contribution in [2.45, 2.75) is 55.1 Å². The number of unbranched alkanes of at least 4 members (excludes halogenated alkanes) is 3. The van der Waals surface area contributed by atoms with Gasteiger partial charge in [0, 0.05) is 30.6 Å². The maximum absolute atomic E-state index is 14.6. The largest absolute Gasteiger partial charge is 0.481 e. The number of likely N-dealkylation sites (tertiary alicyclic amines) is 1. The van der Waals surface area contributed by atoms with E-state index in [4.69, 9.17) is 5.11 Å². The van der Waals surface area contributed by atoms with E-state index >= 15 is 0 Å². The fraction of sp³-hybridized carbons (Fsp3) is 0.500. The van der Waals surface area contributed by atoms with Crippen molar-refractivity contribution >= 4 is 46.0 Å². The van der Waals surface area contributed by atoms with Crippen molar-refractivity contribution in [1.29, 1.82) is 0 Å². The first kappa shape index (κ1) is 26.8. The number of fused-ring (bicyclic) bond motifs is 2. The number of carbonyl (C=O) groups excluding carboxylic acids is 2. The zero-order valence-electron chi connectivity index (χ0n) is 21.8. The fourth-order valence-corrected chi connectivity index (χ4v) is 9.42. The predicted octanol–water partition coefficient (Wildman–Crippen LogP) is 4.33. The molecule has 3 aliphatic rings. The van der Waals surface area contributed by atoms with Gasteiger partial charge in [-0.1, -0.05) is 56.2 Å². The maximum Gasteiger partial charge on any atom is 0.308 e. The molecular formula is C30H36N2O5S. The summed E-state index contributed by atoms with van der Waals surface area (Å²) in [5, 5.41) is 21.2. The smallest absolute Gasteiger partial charge is 0.308 e. The number of hydrogen-bond acceptors (Lipinski definition) is 5. The van der Waals surface area contributed by atoms with Crippen LogP contribution in [-0.4, -0.2) is 68.6 Å². The number of amides is 2. The van der Waals surface area contributed by atoms with E-state index < -0.39 is 28.6 Å².